The fourth-order valence-electron chi connectivity index (χ4n) is 7.86. The van der Waals surface area contributed by atoms with Crippen LogP contribution < -0.4 is 10.6 Å². The van der Waals surface area contributed by atoms with Crippen molar-refractivity contribution in [2.24, 2.45) is 0 Å². The Morgan fingerprint density at radius 2 is 1.20 bits per heavy atom. The van der Waals surface area contributed by atoms with Crippen LogP contribution in [-0.4, -0.2) is 19.5 Å². The van der Waals surface area contributed by atoms with Gasteiger partial charge in [0, 0.05) is 49.2 Å². The van der Waals surface area contributed by atoms with Gasteiger partial charge in [-0.25, -0.2) is 15.0 Å². The number of aromatic nitrogens is 4. The molecule has 4 heterocycles. The van der Waals surface area contributed by atoms with E-state index in [0.29, 0.717) is 17.5 Å². The van der Waals surface area contributed by atoms with Crippen LogP contribution in [-0.2, 0) is 0 Å². The molecule has 11 rings (SSSR count). The van der Waals surface area contributed by atoms with Crippen molar-refractivity contribution in [3.8, 4) is 28.5 Å². The lowest BCUT2D eigenvalue weighted by Crippen LogP contribution is -2.28. The second-order valence-electron chi connectivity index (χ2n) is 13.1. The lowest BCUT2D eigenvalue weighted by molar-refractivity contribution is 0.571. The molecule has 240 valence electrons. The van der Waals surface area contributed by atoms with E-state index in [1.807, 2.05) is 48.5 Å². The second-order valence-corrected chi connectivity index (χ2v) is 13.1. The van der Waals surface area contributed by atoms with E-state index in [9.17, 15) is 0 Å². The third-order valence-corrected chi connectivity index (χ3v) is 10.1. The Kier molecular flexibility index (Phi) is 5.98. The summed E-state index contributed by atoms with van der Waals surface area (Å²) in [4.78, 5) is 15.5. The highest BCUT2D eigenvalue weighted by atomic mass is 16.3. The summed E-state index contributed by atoms with van der Waals surface area (Å²) in [5.74, 6) is 1.91. The van der Waals surface area contributed by atoms with Crippen LogP contribution in [0, 0.1) is 0 Å². The van der Waals surface area contributed by atoms with Gasteiger partial charge >= 0.3 is 0 Å². The van der Waals surface area contributed by atoms with Crippen molar-refractivity contribution in [1.29, 1.82) is 0 Å². The summed E-state index contributed by atoms with van der Waals surface area (Å²) in [6.45, 7) is 0. The first-order chi connectivity index (χ1) is 25.3. The van der Waals surface area contributed by atoms with Gasteiger partial charge in [-0.05, 0) is 73.5 Å². The van der Waals surface area contributed by atoms with Crippen LogP contribution in [0.4, 0.5) is 0 Å². The summed E-state index contributed by atoms with van der Waals surface area (Å²) < 4.78 is 15.2. The smallest absolute Gasteiger partial charge is 0.164 e. The summed E-state index contributed by atoms with van der Waals surface area (Å²) in [6, 6.07) is 48.0. The molecule has 6 nitrogen and oxygen atoms in total. The molecule has 0 spiro atoms. The fraction of sp³-hybridized carbons (Fsp3) is 0.0444. The topological polar surface area (TPSA) is 69.9 Å². The van der Waals surface area contributed by atoms with Crippen LogP contribution in [0.5, 0.6) is 0 Å². The first-order valence-corrected chi connectivity index (χ1v) is 17.3. The van der Waals surface area contributed by atoms with Crippen LogP contribution >= 0.6 is 0 Å². The average Bonchev–Trinajstić information content (AvgIpc) is 3.87. The number of hydrogen-bond donors (Lipinski definition) is 0. The number of furan rings is 2. The van der Waals surface area contributed by atoms with Crippen molar-refractivity contribution >= 4 is 66.4 Å². The predicted octanol–water partition coefficient (Wildman–Crippen LogP) is 9.72. The first-order valence-electron chi connectivity index (χ1n) is 17.3. The standard InChI is InChI=1S/C45H28N4O2/c1-3-12-27(13-4-1)43-46-44(28-22-24-37-34(26-28)31-17-8-10-20-36(31)50-37)48-45(47-43)33-18-11-21-38-40(33)41-39(51-38)25-23-32-30-16-7-9-19-35(30)49(42(32)41)29-14-5-2-6-15-29/h1-10,12-17,19-26H,11,18H2. The van der Waals surface area contributed by atoms with Gasteiger partial charge in [-0.15, -0.1) is 0 Å². The third-order valence-electron chi connectivity index (χ3n) is 10.1. The van der Waals surface area contributed by atoms with Gasteiger partial charge in [0.2, 0.25) is 0 Å². The molecule has 6 aromatic carbocycles. The number of para-hydroxylation sites is 3. The second kappa shape index (κ2) is 10.9. The van der Waals surface area contributed by atoms with Gasteiger partial charge in [-0.2, -0.15) is 0 Å². The van der Waals surface area contributed by atoms with E-state index in [2.05, 4.69) is 102 Å². The van der Waals surface area contributed by atoms with Gasteiger partial charge < -0.3 is 13.4 Å². The van der Waals surface area contributed by atoms with Crippen molar-refractivity contribution < 1.29 is 8.83 Å². The molecule has 1 aliphatic carbocycles. The van der Waals surface area contributed by atoms with E-state index in [1.165, 1.54) is 10.8 Å². The molecule has 0 fully saturated rings. The maximum Gasteiger partial charge on any atom is 0.164 e. The molecule has 0 amide bonds. The highest BCUT2D eigenvalue weighted by Gasteiger charge is 2.23. The SMILES string of the molecule is C1=c2oc3ccc4c5ccccc5n(-c5ccccc5)c4c3c2=C(c2nc(-c3ccccc3)nc(-c3ccc4oc5ccccc5c4c3)n2)CC1. The van der Waals surface area contributed by atoms with Crippen LogP contribution in [0.15, 0.2) is 148 Å². The highest BCUT2D eigenvalue weighted by Crippen LogP contribution is 2.37. The number of fused-ring (bicyclic) bond motifs is 10. The Morgan fingerprint density at radius 3 is 2.06 bits per heavy atom. The minimum Gasteiger partial charge on any atom is -0.456 e. The Hall–Kier alpha value is -6.79. The van der Waals surface area contributed by atoms with Crippen molar-refractivity contribution in [2.75, 3.05) is 0 Å². The summed E-state index contributed by atoms with van der Waals surface area (Å²) in [5.41, 5.74) is 9.66. The molecule has 0 aliphatic heterocycles. The maximum absolute atomic E-state index is 6.68. The third kappa shape index (κ3) is 4.26. The van der Waals surface area contributed by atoms with E-state index in [0.717, 1.165) is 89.8 Å². The van der Waals surface area contributed by atoms with Crippen molar-refractivity contribution in [2.45, 2.75) is 12.8 Å². The molecule has 0 N–H and O–H groups in total. The van der Waals surface area contributed by atoms with Crippen LogP contribution in [0.1, 0.15) is 18.7 Å². The zero-order valence-electron chi connectivity index (χ0n) is 27.4. The molecule has 0 saturated carbocycles. The van der Waals surface area contributed by atoms with Gasteiger partial charge in [0.15, 0.2) is 17.5 Å². The Labute approximate surface area is 291 Å². The first kappa shape index (κ1) is 28.1. The molecule has 0 bridgehead atoms. The molecule has 4 aromatic heterocycles. The zero-order chi connectivity index (χ0) is 33.5. The van der Waals surface area contributed by atoms with E-state index in [1.54, 1.807) is 0 Å². The Balaban J connectivity index is 1.24. The average molecular weight is 657 g/mol. The van der Waals surface area contributed by atoms with Crippen molar-refractivity contribution in [3.63, 3.8) is 0 Å². The van der Waals surface area contributed by atoms with Gasteiger partial charge in [0.05, 0.1) is 16.4 Å². The molecule has 0 atom stereocenters. The molecule has 0 radical (unpaired) electrons. The molecular weight excluding hydrogens is 629 g/mol. The fourth-order valence-corrected chi connectivity index (χ4v) is 7.86. The number of rotatable bonds is 4. The monoisotopic (exact) mass is 656 g/mol. The van der Waals surface area contributed by atoms with Gasteiger partial charge in [0.25, 0.3) is 0 Å². The van der Waals surface area contributed by atoms with E-state index in [4.69, 9.17) is 23.8 Å². The van der Waals surface area contributed by atoms with Crippen LogP contribution in [0.3, 0.4) is 0 Å². The molecule has 0 unspecified atom stereocenters. The molecule has 51 heavy (non-hydrogen) atoms. The Bertz CT molecular complexity index is 3140. The molecule has 10 aromatic rings. The van der Waals surface area contributed by atoms with E-state index in [-0.39, 0.29) is 0 Å². The quantitative estimate of drug-likeness (QED) is 0.189. The normalized spacial score (nSPS) is 13.1. The number of benzene rings is 6. The van der Waals surface area contributed by atoms with Gasteiger partial charge in [-0.1, -0.05) is 84.9 Å². The molecule has 6 heteroatoms. The van der Waals surface area contributed by atoms with Crippen LogP contribution in [0.25, 0.3) is 94.8 Å². The zero-order valence-corrected chi connectivity index (χ0v) is 27.4. The maximum atomic E-state index is 6.68. The number of nitrogens with zero attached hydrogens (tertiary/aromatic N) is 4. The predicted molar refractivity (Wildman–Crippen MR) is 204 cm³/mol. The summed E-state index contributed by atoms with van der Waals surface area (Å²) in [7, 11) is 0. The lowest BCUT2D eigenvalue weighted by atomic mass is 9.99. The molecule has 0 saturated heterocycles. The van der Waals surface area contributed by atoms with Crippen molar-refractivity contribution in [3.05, 3.63) is 156 Å². The minimum atomic E-state index is 0.617. The van der Waals surface area contributed by atoms with E-state index >= 15 is 0 Å². The Morgan fingerprint density at radius 1 is 0.510 bits per heavy atom. The van der Waals surface area contributed by atoms with Gasteiger partial charge in [-0.3, -0.25) is 0 Å². The highest BCUT2D eigenvalue weighted by molar-refractivity contribution is 6.18. The lowest BCUT2D eigenvalue weighted by Gasteiger charge is -2.12. The van der Waals surface area contributed by atoms with E-state index < -0.39 is 0 Å². The minimum absolute atomic E-state index is 0.617. The number of hydrogen-bond acceptors (Lipinski definition) is 5. The van der Waals surface area contributed by atoms with Crippen LogP contribution in [0.2, 0.25) is 0 Å². The summed E-state index contributed by atoms with van der Waals surface area (Å²) in [6.07, 6.45) is 3.80. The largest absolute Gasteiger partial charge is 0.456 e. The molecule has 1 aliphatic rings. The van der Waals surface area contributed by atoms with Crippen molar-refractivity contribution in [1.82, 2.24) is 19.5 Å². The molecular formula is C45H28N4O2. The van der Waals surface area contributed by atoms with Gasteiger partial charge in [0.1, 0.15) is 22.2 Å². The summed E-state index contributed by atoms with van der Waals surface area (Å²) >= 11 is 0. The summed E-state index contributed by atoms with van der Waals surface area (Å²) in [5, 5.41) is 6.60.